The van der Waals surface area contributed by atoms with E-state index in [1.807, 2.05) is 6.92 Å². The number of rotatable bonds is 5. The zero-order valence-corrected chi connectivity index (χ0v) is 12.0. The predicted octanol–water partition coefficient (Wildman–Crippen LogP) is 3.02. The maximum absolute atomic E-state index is 11.2. The molecule has 0 aliphatic carbocycles. The molecule has 1 N–H and O–H groups in total. The Morgan fingerprint density at radius 3 is 2.80 bits per heavy atom. The number of aromatic nitrogens is 3. The van der Waals surface area contributed by atoms with Crippen molar-refractivity contribution in [2.24, 2.45) is 0 Å². The molecule has 7 nitrogen and oxygen atoms in total. The highest BCUT2D eigenvalue weighted by atomic mass is 35.5. The van der Waals surface area contributed by atoms with Crippen LogP contribution in [0.5, 0.6) is 0 Å². The van der Waals surface area contributed by atoms with Gasteiger partial charge in [0.25, 0.3) is 0 Å². The van der Waals surface area contributed by atoms with E-state index in [0.717, 1.165) is 11.8 Å². The molecule has 2 aromatic rings. The Balaban J connectivity index is 2.37. The molecule has 2 aromatic heterocycles. The number of anilines is 1. The number of nitrogens with one attached hydrogen (secondary N) is 1. The fourth-order valence-corrected chi connectivity index (χ4v) is 2.34. The maximum atomic E-state index is 11.2. The fraction of sp³-hybridized carbons (Fsp3) is 0.182. The van der Waals surface area contributed by atoms with Crippen molar-refractivity contribution in [3.63, 3.8) is 0 Å². The van der Waals surface area contributed by atoms with Crippen LogP contribution in [-0.4, -0.2) is 26.4 Å². The molecule has 0 saturated heterocycles. The smallest absolute Gasteiger partial charge is 0.343 e. The standard InChI is InChI=1S/C11H10ClN5O2S/c1-2-13-10-9(17(18)19)11(16-6-15-10)20-8-4-3-7(12)5-14-8/h3-6H,2H2,1H3,(H,13,15,16). The van der Waals surface area contributed by atoms with Crippen molar-refractivity contribution in [2.75, 3.05) is 11.9 Å². The third-order valence-corrected chi connectivity index (χ3v) is 3.38. The van der Waals surface area contributed by atoms with Gasteiger partial charge in [-0.05, 0) is 30.8 Å². The molecule has 0 aromatic carbocycles. The summed E-state index contributed by atoms with van der Waals surface area (Å²) in [5.74, 6) is 0.198. The lowest BCUT2D eigenvalue weighted by Crippen LogP contribution is -2.05. The Labute approximate surface area is 124 Å². The summed E-state index contributed by atoms with van der Waals surface area (Å²) in [5.41, 5.74) is -0.156. The van der Waals surface area contributed by atoms with Gasteiger partial charge >= 0.3 is 5.69 Å². The molecule has 0 amide bonds. The molecule has 0 fully saturated rings. The Morgan fingerprint density at radius 1 is 1.40 bits per heavy atom. The summed E-state index contributed by atoms with van der Waals surface area (Å²) >= 11 is 6.84. The Kier molecular flexibility index (Phi) is 4.70. The van der Waals surface area contributed by atoms with E-state index >= 15 is 0 Å². The van der Waals surface area contributed by atoms with Crippen molar-refractivity contribution < 1.29 is 4.92 Å². The largest absolute Gasteiger partial charge is 0.364 e. The number of hydrogen-bond donors (Lipinski definition) is 1. The number of pyridine rings is 1. The van der Waals surface area contributed by atoms with Crippen LogP contribution in [0.15, 0.2) is 34.7 Å². The van der Waals surface area contributed by atoms with Gasteiger partial charge in [0.1, 0.15) is 11.4 Å². The van der Waals surface area contributed by atoms with E-state index in [-0.39, 0.29) is 16.5 Å². The van der Waals surface area contributed by atoms with E-state index in [9.17, 15) is 10.1 Å². The molecular formula is C11H10ClN5O2S. The molecule has 0 bridgehead atoms. The zero-order chi connectivity index (χ0) is 14.5. The minimum atomic E-state index is -0.504. The summed E-state index contributed by atoms with van der Waals surface area (Å²) in [7, 11) is 0. The lowest BCUT2D eigenvalue weighted by atomic mass is 10.5. The van der Waals surface area contributed by atoms with E-state index < -0.39 is 4.92 Å². The van der Waals surface area contributed by atoms with Gasteiger partial charge < -0.3 is 5.32 Å². The number of halogens is 1. The van der Waals surface area contributed by atoms with Gasteiger partial charge in [0.15, 0.2) is 5.03 Å². The van der Waals surface area contributed by atoms with Crippen molar-refractivity contribution in [1.29, 1.82) is 0 Å². The molecule has 0 aliphatic rings. The van der Waals surface area contributed by atoms with Crippen molar-refractivity contribution in [1.82, 2.24) is 15.0 Å². The molecule has 104 valence electrons. The van der Waals surface area contributed by atoms with E-state index in [4.69, 9.17) is 11.6 Å². The van der Waals surface area contributed by atoms with Crippen molar-refractivity contribution >= 4 is 34.9 Å². The molecule has 2 rings (SSSR count). The molecule has 0 saturated carbocycles. The zero-order valence-electron chi connectivity index (χ0n) is 10.4. The van der Waals surface area contributed by atoms with Crippen LogP contribution in [0, 0.1) is 10.1 Å². The minimum absolute atomic E-state index is 0.156. The van der Waals surface area contributed by atoms with E-state index in [1.165, 1.54) is 12.5 Å². The van der Waals surface area contributed by atoms with Gasteiger partial charge in [-0.2, -0.15) is 0 Å². The van der Waals surface area contributed by atoms with Crippen LogP contribution in [0.2, 0.25) is 5.02 Å². The molecule has 0 spiro atoms. The molecule has 0 atom stereocenters. The molecule has 0 unspecified atom stereocenters. The predicted molar refractivity (Wildman–Crippen MR) is 76.2 cm³/mol. The fourth-order valence-electron chi connectivity index (χ4n) is 1.42. The SMILES string of the molecule is CCNc1ncnc(Sc2ccc(Cl)cn2)c1[N+](=O)[O-]. The average molecular weight is 312 g/mol. The number of hydrogen-bond acceptors (Lipinski definition) is 7. The normalized spacial score (nSPS) is 10.3. The van der Waals surface area contributed by atoms with E-state index in [2.05, 4.69) is 20.3 Å². The van der Waals surface area contributed by atoms with Gasteiger partial charge in [0.05, 0.1) is 9.95 Å². The molecule has 20 heavy (non-hydrogen) atoms. The molecule has 0 aliphatic heterocycles. The topological polar surface area (TPSA) is 93.8 Å². The highest BCUT2D eigenvalue weighted by Crippen LogP contribution is 2.35. The first-order valence-corrected chi connectivity index (χ1v) is 6.84. The first kappa shape index (κ1) is 14.5. The van der Waals surface area contributed by atoms with E-state index in [1.54, 1.807) is 12.1 Å². The van der Waals surface area contributed by atoms with E-state index in [0.29, 0.717) is 16.6 Å². The first-order chi connectivity index (χ1) is 9.61. The lowest BCUT2D eigenvalue weighted by molar-refractivity contribution is -0.387. The summed E-state index contributed by atoms with van der Waals surface area (Å²) in [4.78, 5) is 22.6. The molecule has 0 radical (unpaired) electrons. The Morgan fingerprint density at radius 2 is 2.20 bits per heavy atom. The number of nitro groups is 1. The Hall–Kier alpha value is -1.93. The van der Waals surface area contributed by atoms with Crippen LogP contribution in [0.3, 0.4) is 0 Å². The lowest BCUT2D eigenvalue weighted by Gasteiger charge is -2.06. The highest BCUT2D eigenvalue weighted by molar-refractivity contribution is 7.99. The number of nitrogens with zero attached hydrogens (tertiary/aromatic N) is 4. The molecule has 9 heteroatoms. The quantitative estimate of drug-likeness (QED) is 0.515. The van der Waals surface area contributed by atoms with Crippen LogP contribution >= 0.6 is 23.4 Å². The second-order valence-electron chi connectivity index (χ2n) is 3.58. The van der Waals surface area contributed by atoms with Gasteiger partial charge in [0, 0.05) is 12.7 Å². The summed E-state index contributed by atoms with van der Waals surface area (Å²) in [6, 6.07) is 3.33. The van der Waals surface area contributed by atoms with Crippen molar-refractivity contribution in [2.45, 2.75) is 17.0 Å². The van der Waals surface area contributed by atoms with Crippen LogP contribution in [-0.2, 0) is 0 Å². The molecular weight excluding hydrogens is 302 g/mol. The minimum Gasteiger partial charge on any atom is -0.364 e. The van der Waals surface area contributed by atoms with Crippen LogP contribution < -0.4 is 5.32 Å². The van der Waals surface area contributed by atoms with Gasteiger partial charge in [-0.3, -0.25) is 10.1 Å². The summed E-state index contributed by atoms with van der Waals surface area (Å²) in [6.07, 6.45) is 2.76. The van der Waals surface area contributed by atoms with Crippen LogP contribution in [0.1, 0.15) is 6.92 Å². The summed E-state index contributed by atoms with van der Waals surface area (Å²) in [5, 5.41) is 15.3. The van der Waals surface area contributed by atoms with Crippen LogP contribution in [0.25, 0.3) is 0 Å². The average Bonchev–Trinajstić information content (AvgIpc) is 2.41. The first-order valence-electron chi connectivity index (χ1n) is 5.64. The van der Waals surface area contributed by atoms with Gasteiger partial charge in [-0.25, -0.2) is 15.0 Å². The maximum Gasteiger partial charge on any atom is 0.343 e. The second kappa shape index (κ2) is 6.49. The van der Waals surface area contributed by atoms with Crippen molar-refractivity contribution in [3.05, 3.63) is 39.8 Å². The van der Waals surface area contributed by atoms with Gasteiger partial charge in [-0.15, -0.1) is 0 Å². The third-order valence-electron chi connectivity index (χ3n) is 2.22. The van der Waals surface area contributed by atoms with Gasteiger partial charge in [0.2, 0.25) is 5.82 Å². The molecule has 2 heterocycles. The Bertz CT molecular complexity index is 623. The monoisotopic (exact) mass is 311 g/mol. The van der Waals surface area contributed by atoms with Gasteiger partial charge in [-0.1, -0.05) is 11.6 Å². The van der Waals surface area contributed by atoms with Crippen molar-refractivity contribution in [3.8, 4) is 0 Å². The highest BCUT2D eigenvalue weighted by Gasteiger charge is 2.23. The summed E-state index contributed by atoms with van der Waals surface area (Å²) in [6.45, 7) is 2.36. The summed E-state index contributed by atoms with van der Waals surface area (Å²) < 4.78 is 0. The second-order valence-corrected chi connectivity index (χ2v) is 5.03. The third kappa shape index (κ3) is 3.34. The van der Waals surface area contributed by atoms with Crippen LogP contribution in [0.4, 0.5) is 11.5 Å².